The van der Waals surface area contributed by atoms with Gasteiger partial charge in [-0.05, 0) is 54.3 Å². The Kier molecular flexibility index (Phi) is 9.35. The fourth-order valence-corrected chi connectivity index (χ4v) is 4.79. The summed E-state index contributed by atoms with van der Waals surface area (Å²) in [4.78, 5) is 14.9. The van der Waals surface area contributed by atoms with Crippen molar-refractivity contribution in [3.8, 4) is 11.5 Å². The van der Waals surface area contributed by atoms with Crippen molar-refractivity contribution >= 4 is 6.09 Å². The Morgan fingerprint density at radius 2 is 1.56 bits per heavy atom. The molecule has 3 aromatic rings. The number of rotatable bonds is 10. The predicted molar refractivity (Wildman–Crippen MR) is 142 cm³/mol. The lowest BCUT2D eigenvalue weighted by molar-refractivity contribution is -0.127. The number of ether oxygens (including phenoxy) is 3. The molecule has 1 saturated heterocycles. The van der Waals surface area contributed by atoms with Crippen molar-refractivity contribution in [2.45, 2.75) is 57.2 Å². The Balaban J connectivity index is 1.44. The van der Waals surface area contributed by atoms with E-state index >= 15 is 0 Å². The van der Waals surface area contributed by atoms with E-state index in [0.29, 0.717) is 18.7 Å². The molecule has 1 N–H and O–H groups in total. The van der Waals surface area contributed by atoms with E-state index in [4.69, 9.17) is 14.2 Å². The van der Waals surface area contributed by atoms with E-state index in [1.54, 1.807) is 12.0 Å². The van der Waals surface area contributed by atoms with Gasteiger partial charge in [-0.3, -0.25) is 4.90 Å². The molecule has 0 bridgehead atoms. The number of benzene rings is 3. The highest BCUT2D eigenvalue weighted by Gasteiger charge is 2.43. The van der Waals surface area contributed by atoms with E-state index in [0.717, 1.165) is 16.9 Å². The molecule has 3 atom stereocenters. The van der Waals surface area contributed by atoms with Gasteiger partial charge in [0.15, 0.2) is 0 Å². The largest absolute Gasteiger partial charge is 0.497 e. The van der Waals surface area contributed by atoms with Crippen LogP contribution in [0, 0.1) is 0 Å². The molecule has 4 rings (SSSR count). The zero-order valence-corrected chi connectivity index (χ0v) is 22.0. The van der Waals surface area contributed by atoms with Crippen molar-refractivity contribution in [3.63, 3.8) is 0 Å². The minimum Gasteiger partial charge on any atom is -0.497 e. The summed E-state index contributed by atoms with van der Waals surface area (Å²) >= 11 is 0. The van der Waals surface area contributed by atoms with E-state index in [2.05, 4.69) is 5.32 Å². The summed E-state index contributed by atoms with van der Waals surface area (Å²) in [6.45, 7) is 2.86. The van der Waals surface area contributed by atoms with E-state index in [-0.39, 0.29) is 36.9 Å². The van der Waals surface area contributed by atoms with Crippen molar-refractivity contribution in [2.24, 2.45) is 0 Å². The van der Waals surface area contributed by atoms with Crippen LogP contribution < -0.4 is 14.8 Å². The molecule has 1 heterocycles. The van der Waals surface area contributed by atoms with E-state index in [9.17, 15) is 18.0 Å². The van der Waals surface area contributed by atoms with Crippen molar-refractivity contribution < 1.29 is 32.2 Å². The molecule has 6 nitrogen and oxygen atoms in total. The third kappa shape index (κ3) is 8.13. The number of likely N-dealkylation sites (tertiary alicyclic amines) is 1. The SMILES string of the molecule is COc1ccc(CN[C@H]2C[C@@H](C)N(C(=O)OCc3ccccc3)[C@H]2COc2ccc(CC(F)(F)F)cc2)cc1. The van der Waals surface area contributed by atoms with Crippen LogP contribution in [-0.2, 0) is 24.3 Å². The molecule has 1 aliphatic heterocycles. The molecule has 208 valence electrons. The molecule has 0 spiro atoms. The Bertz CT molecular complexity index is 1190. The number of hydrogen-bond acceptors (Lipinski definition) is 5. The first-order chi connectivity index (χ1) is 18.7. The number of hydrogen-bond donors (Lipinski definition) is 1. The van der Waals surface area contributed by atoms with Crippen LogP contribution in [0.4, 0.5) is 18.0 Å². The average Bonchev–Trinajstić information content (AvgIpc) is 3.25. The molecule has 0 unspecified atom stereocenters. The van der Waals surface area contributed by atoms with Gasteiger partial charge in [-0.25, -0.2) is 4.79 Å². The standard InChI is InChI=1S/C30H33F3N2O4/c1-21-16-27(34-18-23-10-12-25(37-2)13-11-23)28(35(21)29(36)39-19-24-6-4-3-5-7-24)20-38-26-14-8-22(9-15-26)17-30(31,32)33/h3-15,21,27-28,34H,16-20H2,1-2H3/t21-,27+,28+/m1/s1. The molecule has 0 aromatic heterocycles. The van der Waals surface area contributed by atoms with Gasteiger partial charge in [0.05, 0.1) is 19.6 Å². The van der Waals surface area contributed by atoms with Gasteiger partial charge in [-0.1, -0.05) is 54.6 Å². The molecule has 1 fully saturated rings. The zero-order valence-electron chi connectivity index (χ0n) is 22.0. The lowest BCUT2D eigenvalue weighted by atomic mass is 10.1. The number of methoxy groups -OCH3 is 1. The fourth-order valence-electron chi connectivity index (χ4n) is 4.79. The van der Waals surface area contributed by atoms with Gasteiger partial charge < -0.3 is 19.5 Å². The molecule has 0 saturated carbocycles. The van der Waals surface area contributed by atoms with Gasteiger partial charge in [0, 0.05) is 18.6 Å². The first-order valence-corrected chi connectivity index (χ1v) is 12.9. The van der Waals surface area contributed by atoms with Gasteiger partial charge in [-0.15, -0.1) is 0 Å². The number of carbonyl (C=O) groups is 1. The molecule has 0 radical (unpaired) electrons. The number of carbonyl (C=O) groups excluding carboxylic acids is 1. The maximum absolute atomic E-state index is 13.2. The Labute approximate surface area is 226 Å². The second-order valence-electron chi connectivity index (χ2n) is 9.68. The first-order valence-electron chi connectivity index (χ1n) is 12.9. The number of nitrogens with one attached hydrogen (secondary N) is 1. The number of alkyl halides is 3. The van der Waals surface area contributed by atoms with Crippen LogP contribution in [0.2, 0.25) is 0 Å². The lowest BCUT2D eigenvalue weighted by Crippen LogP contribution is -2.49. The monoisotopic (exact) mass is 542 g/mol. The van der Waals surface area contributed by atoms with Crippen molar-refractivity contribution in [1.82, 2.24) is 10.2 Å². The maximum atomic E-state index is 13.2. The number of halogens is 3. The smallest absolute Gasteiger partial charge is 0.410 e. The summed E-state index contributed by atoms with van der Waals surface area (Å²) in [7, 11) is 1.62. The van der Waals surface area contributed by atoms with Crippen LogP contribution >= 0.6 is 0 Å². The highest BCUT2D eigenvalue weighted by molar-refractivity contribution is 5.69. The minimum absolute atomic E-state index is 0.0871. The Morgan fingerprint density at radius 3 is 2.21 bits per heavy atom. The van der Waals surface area contributed by atoms with Crippen LogP contribution in [-0.4, -0.2) is 49.0 Å². The van der Waals surface area contributed by atoms with Crippen LogP contribution in [0.3, 0.4) is 0 Å². The quantitative estimate of drug-likeness (QED) is 0.334. The summed E-state index contributed by atoms with van der Waals surface area (Å²) in [6.07, 6.45) is -5.01. The van der Waals surface area contributed by atoms with Gasteiger partial charge in [0.25, 0.3) is 0 Å². The van der Waals surface area contributed by atoms with Crippen molar-refractivity contribution in [1.29, 1.82) is 0 Å². The Hall–Kier alpha value is -3.72. The second kappa shape index (κ2) is 12.9. The summed E-state index contributed by atoms with van der Waals surface area (Å²) in [6, 6.07) is 22.5. The molecular formula is C30H33F3N2O4. The van der Waals surface area contributed by atoms with Gasteiger partial charge in [0.1, 0.15) is 24.7 Å². The van der Waals surface area contributed by atoms with Crippen LogP contribution in [0.25, 0.3) is 0 Å². The predicted octanol–water partition coefficient (Wildman–Crippen LogP) is 6.14. The fraction of sp³-hybridized carbons (Fsp3) is 0.367. The molecule has 0 aliphatic carbocycles. The highest BCUT2D eigenvalue weighted by atomic mass is 19.4. The molecule has 1 aliphatic rings. The number of amides is 1. The van der Waals surface area contributed by atoms with Crippen LogP contribution in [0.1, 0.15) is 30.0 Å². The van der Waals surface area contributed by atoms with Gasteiger partial charge in [-0.2, -0.15) is 13.2 Å². The van der Waals surface area contributed by atoms with Crippen molar-refractivity contribution in [2.75, 3.05) is 13.7 Å². The third-order valence-corrected chi connectivity index (χ3v) is 6.78. The Morgan fingerprint density at radius 1 is 0.923 bits per heavy atom. The number of nitrogens with zero attached hydrogens (tertiary/aromatic N) is 1. The van der Waals surface area contributed by atoms with Crippen molar-refractivity contribution in [3.05, 3.63) is 95.6 Å². The van der Waals surface area contributed by atoms with Crippen LogP contribution in [0.15, 0.2) is 78.9 Å². The topological polar surface area (TPSA) is 60.0 Å². The zero-order chi connectivity index (χ0) is 27.8. The average molecular weight is 543 g/mol. The summed E-state index contributed by atoms with van der Waals surface area (Å²) in [5, 5.41) is 3.55. The lowest BCUT2D eigenvalue weighted by Gasteiger charge is -2.30. The molecular weight excluding hydrogens is 509 g/mol. The molecule has 3 aromatic carbocycles. The summed E-state index contributed by atoms with van der Waals surface area (Å²) in [5.41, 5.74) is 2.11. The maximum Gasteiger partial charge on any atom is 0.410 e. The molecule has 1 amide bonds. The molecule has 39 heavy (non-hydrogen) atoms. The van der Waals surface area contributed by atoms with Gasteiger partial charge >= 0.3 is 12.3 Å². The van der Waals surface area contributed by atoms with Gasteiger partial charge in [0.2, 0.25) is 0 Å². The van der Waals surface area contributed by atoms with E-state index in [1.165, 1.54) is 24.3 Å². The third-order valence-electron chi connectivity index (χ3n) is 6.78. The highest BCUT2D eigenvalue weighted by Crippen LogP contribution is 2.28. The molecule has 9 heteroatoms. The second-order valence-corrected chi connectivity index (χ2v) is 9.68. The minimum atomic E-state index is -4.27. The summed E-state index contributed by atoms with van der Waals surface area (Å²) in [5.74, 6) is 1.21. The van der Waals surface area contributed by atoms with E-state index in [1.807, 2.05) is 61.5 Å². The van der Waals surface area contributed by atoms with E-state index < -0.39 is 18.7 Å². The summed E-state index contributed by atoms with van der Waals surface area (Å²) < 4.78 is 55.0. The first kappa shape index (κ1) is 28.3. The normalized spacial score (nSPS) is 19.1. The van der Waals surface area contributed by atoms with Crippen LogP contribution in [0.5, 0.6) is 11.5 Å².